The van der Waals surface area contributed by atoms with Gasteiger partial charge in [0, 0.05) is 12.3 Å². The van der Waals surface area contributed by atoms with Crippen molar-refractivity contribution in [2.24, 2.45) is 5.92 Å². The maximum Gasteiger partial charge on any atom is 0.224 e. The predicted molar refractivity (Wildman–Crippen MR) is 69.3 cm³/mol. The average Bonchev–Trinajstić information content (AvgIpc) is 2.49. The lowest BCUT2D eigenvalue weighted by Gasteiger charge is -2.29. The van der Waals surface area contributed by atoms with E-state index in [9.17, 15) is 10.1 Å². The van der Waals surface area contributed by atoms with Crippen LogP contribution in [0.25, 0.3) is 0 Å². The molecule has 1 saturated heterocycles. The molecule has 1 fully saturated rings. The van der Waals surface area contributed by atoms with Crippen molar-refractivity contribution >= 4 is 5.91 Å². The smallest absolute Gasteiger partial charge is 0.224 e. The number of nitrogens with one attached hydrogen (secondary N) is 1. The number of allylic oxidation sites excluding steroid dienone is 2. The number of carbonyl (C=O) groups is 1. The van der Waals surface area contributed by atoms with Crippen LogP contribution in [0.1, 0.15) is 17.9 Å². The predicted octanol–water partition coefficient (Wildman–Crippen LogP) is 1.73. The van der Waals surface area contributed by atoms with Gasteiger partial charge in [-0.1, -0.05) is 30.3 Å². The molecule has 5 heteroatoms. The van der Waals surface area contributed by atoms with E-state index in [0.717, 1.165) is 5.56 Å². The zero-order chi connectivity index (χ0) is 14.5. The van der Waals surface area contributed by atoms with Crippen LogP contribution in [0, 0.1) is 39.9 Å². The lowest BCUT2D eigenvalue weighted by Crippen LogP contribution is -2.38. The van der Waals surface area contributed by atoms with Crippen molar-refractivity contribution < 1.29 is 4.79 Å². The summed E-state index contributed by atoms with van der Waals surface area (Å²) in [6.07, 6.45) is 0.163. The van der Waals surface area contributed by atoms with Crippen LogP contribution in [0.2, 0.25) is 0 Å². The molecule has 1 N–H and O–H groups in total. The van der Waals surface area contributed by atoms with Gasteiger partial charge in [-0.2, -0.15) is 15.8 Å². The summed E-state index contributed by atoms with van der Waals surface area (Å²) in [5.41, 5.74) is 0.745. The van der Waals surface area contributed by atoms with Crippen LogP contribution in [0.4, 0.5) is 0 Å². The molecule has 96 valence electrons. The van der Waals surface area contributed by atoms with E-state index in [1.54, 1.807) is 12.1 Å². The molecule has 1 aliphatic rings. The van der Waals surface area contributed by atoms with Crippen LogP contribution in [0.3, 0.4) is 0 Å². The minimum absolute atomic E-state index is 0.114. The lowest BCUT2D eigenvalue weighted by atomic mass is 9.78. The van der Waals surface area contributed by atoms with Crippen LogP contribution in [-0.2, 0) is 4.79 Å². The summed E-state index contributed by atoms with van der Waals surface area (Å²) in [7, 11) is 0. The number of hydrogen-bond donors (Lipinski definition) is 1. The van der Waals surface area contributed by atoms with Crippen molar-refractivity contribution in [1.82, 2.24) is 5.32 Å². The molecule has 1 heterocycles. The Morgan fingerprint density at radius 1 is 1.15 bits per heavy atom. The first-order chi connectivity index (χ1) is 9.71. The summed E-state index contributed by atoms with van der Waals surface area (Å²) in [5, 5.41) is 29.7. The zero-order valence-electron chi connectivity index (χ0n) is 10.5. The Kier molecular flexibility index (Phi) is 3.80. The molecule has 1 amide bonds. The fourth-order valence-corrected chi connectivity index (χ4v) is 2.33. The molecule has 1 aliphatic heterocycles. The monoisotopic (exact) mass is 262 g/mol. The molecule has 1 aromatic carbocycles. The van der Waals surface area contributed by atoms with Crippen molar-refractivity contribution in [1.29, 1.82) is 15.8 Å². The van der Waals surface area contributed by atoms with Crippen molar-refractivity contribution in [3.8, 4) is 18.2 Å². The molecule has 0 aliphatic carbocycles. The lowest BCUT2D eigenvalue weighted by molar-refractivity contribution is -0.122. The standard InChI is InChI=1S/C15H10N4O/c16-7-11(8-17)15-13(9-18)12(6-14(20)19-15)10-4-2-1-3-5-10/h1-5,12-13H,6H2,(H,19,20). The quantitative estimate of drug-likeness (QED) is 0.779. The van der Waals surface area contributed by atoms with Gasteiger partial charge in [0.2, 0.25) is 5.91 Å². The van der Waals surface area contributed by atoms with Gasteiger partial charge < -0.3 is 5.32 Å². The Balaban J connectivity index is 2.53. The van der Waals surface area contributed by atoms with Gasteiger partial charge >= 0.3 is 0 Å². The zero-order valence-corrected chi connectivity index (χ0v) is 10.5. The van der Waals surface area contributed by atoms with E-state index in [-0.39, 0.29) is 29.5 Å². The highest BCUT2D eigenvalue weighted by Crippen LogP contribution is 2.36. The van der Waals surface area contributed by atoms with Crippen LogP contribution >= 0.6 is 0 Å². The van der Waals surface area contributed by atoms with E-state index in [0.29, 0.717) is 0 Å². The van der Waals surface area contributed by atoms with E-state index in [2.05, 4.69) is 11.4 Å². The van der Waals surface area contributed by atoms with Gasteiger partial charge in [0.1, 0.15) is 17.7 Å². The third-order valence-electron chi connectivity index (χ3n) is 3.25. The number of hydrogen-bond acceptors (Lipinski definition) is 4. The number of rotatable bonds is 1. The van der Waals surface area contributed by atoms with Gasteiger partial charge in [-0.25, -0.2) is 0 Å². The first-order valence-electron chi connectivity index (χ1n) is 6.00. The summed E-state index contributed by atoms with van der Waals surface area (Å²) in [6.45, 7) is 0. The molecule has 0 aromatic heterocycles. The molecule has 0 saturated carbocycles. The van der Waals surface area contributed by atoms with Gasteiger partial charge in [-0.15, -0.1) is 0 Å². The highest BCUT2D eigenvalue weighted by Gasteiger charge is 2.36. The first kappa shape index (κ1) is 13.3. The largest absolute Gasteiger partial charge is 0.327 e. The van der Waals surface area contributed by atoms with Gasteiger partial charge in [-0.3, -0.25) is 4.79 Å². The Morgan fingerprint density at radius 3 is 2.35 bits per heavy atom. The molecular weight excluding hydrogens is 252 g/mol. The number of amides is 1. The second-order valence-corrected chi connectivity index (χ2v) is 4.39. The molecule has 20 heavy (non-hydrogen) atoms. The average molecular weight is 262 g/mol. The number of benzene rings is 1. The van der Waals surface area contributed by atoms with Crippen molar-refractivity contribution in [3.63, 3.8) is 0 Å². The van der Waals surface area contributed by atoms with Gasteiger partial charge in [-0.05, 0) is 5.56 Å². The van der Waals surface area contributed by atoms with Crippen LogP contribution in [-0.4, -0.2) is 5.91 Å². The third kappa shape index (κ3) is 2.36. The number of piperidine rings is 1. The number of carbonyl (C=O) groups excluding carboxylic acids is 1. The van der Waals surface area contributed by atoms with Crippen LogP contribution in [0.5, 0.6) is 0 Å². The molecule has 2 unspecified atom stereocenters. The fourth-order valence-electron chi connectivity index (χ4n) is 2.33. The van der Waals surface area contributed by atoms with E-state index in [4.69, 9.17) is 10.5 Å². The van der Waals surface area contributed by atoms with E-state index in [1.807, 2.05) is 30.3 Å². The van der Waals surface area contributed by atoms with Crippen molar-refractivity contribution in [2.45, 2.75) is 12.3 Å². The normalized spacial score (nSPS) is 21.1. The molecular formula is C15H10N4O. The maximum atomic E-state index is 11.8. The highest BCUT2D eigenvalue weighted by atomic mass is 16.1. The second-order valence-electron chi connectivity index (χ2n) is 4.39. The topological polar surface area (TPSA) is 100 Å². The number of nitrogens with zero attached hydrogens (tertiary/aromatic N) is 3. The fraction of sp³-hybridized carbons (Fsp3) is 0.200. The van der Waals surface area contributed by atoms with E-state index in [1.165, 1.54) is 0 Å². The third-order valence-corrected chi connectivity index (χ3v) is 3.25. The summed E-state index contributed by atoms with van der Waals surface area (Å²) in [5.74, 6) is -1.34. The summed E-state index contributed by atoms with van der Waals surface area (Å²) < 4.78 is 0. The maximum absolute atomic E-state index is 11.8. The first-order valence-corrected chi connectivity index (χ1v) is 6.00. The Morgan fingerprint density at radius 2 is 1.80 bits per heavy atom. The second kappa shape index (κ2) is 5.69. The summed E-state index contributed by atoms with van der Waals surface area (Å²) >= 11 is 0. The number of nitriles is 3. The summed E-state index contributed by atoms with van der Waals surface area (Å²) in [4.78, 5) is 11.8. The van der Waals surface area contributed by atoms with E-state index >= 15 is 0 Å². The molecule has 0 spiro atoms. The SMILES string of the molecule is N#CC(C#N)=C1NC(=O)CC(c2ccccc2)C1C#N. The molecule has 0 bridgehead atoms. The Bertz CT molecular complexity index is 669. The van der Waals surface area contributed by atoms with Crippen LogP contribution in [0.15, 0.2) is 41.6 Å². The molecule has 0 radical (unpaired) electrons. The Hall–Kier alpha value is -3.10. The van der Waals surface area contributed by atoms with Gasteiger partial charge in [0.25, 0.3) is 0 Å². The molecule has 5 nitrogen and oxygen atoms in total. The van der Waals surface area contributed by atoms with Crippen molar-refractivity contribution in [2.75, 3.05) is 0 Å². The van der Waals surface area contributed by atoms with Crippen molar-refractivity contribution in [3.05, 3.63) is 47.2 Å². The summed E-state index contributed by atoms with van der Waals surface area (Å²) in [6, 6.07) is 14.7. The van der Waals surface area contributed by atoms with Gasteiger partial charge in [0.15, 0.2) is 0 Å². The minimum Gasteiger partial charge on any atom is -0.327 e. The Labute approximate surface area is 116 Å². The molecule has 1 aromatic rings. The molecule has 2 rings (SSSR count). The highest BCUT2D eigenvalue weighted by molar-refractivity contribution is 5.81. The van der Waals surface area contributed by atoms with Gasteiger partial charge in [0.05, 0.1) is 17.7 Å². The molecule has 2 atom stereocenters. The minimum atomic E-state index is -0.704. The van der Waals surface area contributed by atoms with Crippen LogP contribution < -0.4 is 5.32 Å². The van der Waals surface area contributed by atoms with E-state index < -0.39 is 5.92 Å².